The Bertz CT molecular complexity index is 483. The minimum atomic E-state index is -0.695. The van der Waals surface area contributed by atoms with E-state index in [2.05, 4.69) is 10.6 Å². The summed E-state index contributed by atoms with van der Waals surface area (Å²) >= 11 is 0. The lowest BCUT2D eigenvalue weighted by atomic mass is 9.83. The van der Waals surface area contributed by atoms with Crippen molar-refractivity contribution in [2.45, 2.75) is 82.7 Å². The Labute approximate surface area is 169 Å². The minimum absolute atomic E-state index is 0. The van der Waals surface area contributed by atoms with Crippen LogP contribution in [0.2, 0.25) is 0 Å². The molecule has 0 radical (unpaired) electrons. The van der Waals surface area contributed by atoms with Crippen LogP contribution < -0.4 is 10.6 Å². The van der Waals surface area contributed by atoms with E-state index in [1.54, 1.807) is 0 Å². The summed E-state index contributed by atoms with van der Waals surface area (Å²) in [4.78, 5) is 24.1. The Morgan fingerprint density at radius 1 is 0.963 bits per heavy atom. The van der Waals surface area contributed by atoms with Crippen LogP contribution in [-0.4, -0.2) is 59.9 Å². The predicted molar refractivity (Wildman–Crippen MR) is 108 cm³/mol. The van der Waals surface area contributed by atoms with Crippen LogP contribution in [0, 0.1) is 5.92 Å². The molecule has 27 heavy (non-hydrogen) atoms. The number of rotatable bonds is 5. The first-order chi connectivity index (χ1) is 12.6. The molecular weight excluding hydrogens is 366 g/mol. The van der Waals surface area contributed by atoms with Crippen LogP contribution in [-0.2, 0) is 4.79 Å². The summed E-state index contributed by atoms with van der Waals surface area (Å²) in [5.74, 6) is -0.180. The van der Waals surface area contributed by atoms with Crippen LogP contribution in [0.4, 0.5) is 4.79 Å². The van der Waals surface area contributed by atoms with E-state index in [1.807, 2.05) is 0 Å². The third kappa shape index (κ3) is 5.81. The van der Waals surface area contributed by atoms with Crippen molar-refractivity contribution in [1.29, 1.82) is 0 Å². The van der Waals surface area contributed by atoms with Gasteiger partial charge < -0.3 is 15.7 Å². The third-order valence-electron chi connectivity index (χ3n) is 6.97. The van der Waals surface area contributed by atoms with Crippen molar-refractivity contribution in [3.05, 3.63) is 0 Å². The Kier molecular flexibility index (Phi) is 8.83. The summed E-state index contributed by atoms with van der Waals surface area (Å²) in [5.41, 5.74) is 0. The Balaban J connectivity index is 0.00000261. The zero-order valence-electron chi connectivity index (χ0n) is 16.5. The highest BCUT2D eigenvalue weighted by Crippen LogP contribution is 2.31. The summed E-state index contributed by atoms with van der Waals surface area (Å²) < 4.78 is 0.667. The standard InChI is InChI=1S/C20H35N3O3.ClH/c24-19(25)9-6-16-4-7-17(8-5-16)22-20(26)23(14-2-1-3-15-23)18-10-12-21-13-11-18;/h16-18,21H,1-15H2,(H-,22,24,25,26);1H/p+1/t16-,17-;. The molecule has 1 aliphatic carbocycles. The molecule has 1 saturated carbocycles. The zero-order chi connectivity index (χ0) is 18.4. The van der Waals surface area contributed by atoms with E-state index in [-0.39, 0.29) is 30.9 Å². The van der Waals surface area contributed by atoms with Gasteiger partial charge in [0.05, 0.1) is 19.1 Å². The van der Waals surface area contributed by atoms with Crippen LogP contribution >= 0.6 is 12.4 Å². The van der Waals surface area contributed by atoms with E-state index in [0.717, 1.165) is 71.1 Å². The van der Waals surface area contributed by atoms with E-state index in [1.165, 1.54) is 19.3 Å². The van der Waals surface area contributed by atoms with Gasteiger partial charge in [-0.1, -0.05) is 0 Å². The molecule has 3 fully saturated rings. The SMILES string of the molecule is Cl.O=C(O)CC[C@H]1CC[C@H](NC(=O)[N+]2(C3CCNCC3)CCCCC2)CC1. The number of likely N-dealkylation sites (tertiary alicyclic amines) is 1. The number of amides is 2. The highest BCUT2D eigenvalue weighted by atomic mass is 35.5. The van der Waals surface area contributed by atoms with Crippen molar-refractivity contribution < 1.29 is 19.2 Å². The van der Waals surface area contributed by atoms with Gasteiger partial charge in [0.1, 0.15) is 0 Å². The van der Waals surface area contributed by atoms with Gasteiger partial charge in [-0.2, -0.15) is 0 Å². The molecule has 2 aliphatic heterocycles. The molecule has 6 nitrogen and oxygen atoms in total. The first-order valence-corrected chi connectivity index (χ1v) is 10.7. The Morgan fingerprint density at radius 2 is 1.59 bits per heavy atom. The first kappa shape index (κ1) is 22.4. The van der Waals surface area contributed by atoms with Crippen LogP contribution in [0.5, 0.6) is 0 Å². The van der Waals surface area contributed by atoms with Crippen LogP contribution in [0.25, 0.3) is 0 Å². The number of nitrogens with zero attached hydrogens (tertiary/aromatic N) is 1. The molecule has 2 amide bonds. The number of carboxylic acids is 1. The molecule has 0 bridgehead atoms. The summed E-state index contributed by atoms with van der Waals surface area (Å²) in [5, 5.41) is 15.7. The Morgan fingerprint density at radius 3 is 2.19 bits per heavy atom. The van der Waals surface area contributed by atoms with E-state index >= 15 is 0 Å². The van der Waals surface area contributed by atoms with Crippen molar-refractivity contribution >= 4 is 24.4 Å². The highest BCUT2D eigenvalue weighted by molar-refractivity contribution is 5.85. The van der Waals surface area contributed by atoms with Gasteiger partial charge in [0, 0.05) is 38.4 Å². The lowest BCUT2D eigenvalue weighted by Crippen LogP contribution is -2.67. The summed E-state index contributed by atoms with van der Waals surface area (Å²) in [7, 11) is 0. The molecule has 0 spiro atoms. The monoisotopic (exact) mass is 402 g/mol. The average Bonchev–Trinajstić information content (AvgIpc) is 2.68. The maximum Gasteiger partial charge on any atom is 0.417 e. The van der Waals surface area contributed by atoms with Crippen molar-refractivity contribution in [3.63, 3.8) is 0 Å². The molecule has 3 rings (SSSR count). The molecule has 156 valence electrons. The zero-order valence-corrected chi connectivity index (χ0v) is 17.3. The lowest BCUT2D eigenvalue weighted by Gasteiger charge is -2.46. The fraction of sp³-hybridized carbons (Fsp3) is 0.900. The second kappa shape index (κ2) is 10.6. The largest absolute Gasteiger partial charge is 0.481 e. The molecule has 0 aromatic heterocycles. The Hall–Kier alpha value is -0.850. The third-order valence-corrected chi connectivity index (χ3v) is 6.97. The van der Waals surface area contributed by atoms with E-state index in [4.69, 9.17) is 5.11 Å². The summed E-state index contributed by atoms with van der Waals surface area (Å²) in [6, 6.07) is 1.02. The van der Waals surface area contributed by atoms with Gasteiger partial charge in [0.25, 0.3) is 0 Å². The number of carbonyl (C=O) groups excluding carboxylic acids is 1. The molecule has 3 N–H and O–H groups in total. The van der Waals surface area contributed by atoms with Crippen molar-refractivity contribution in [2.24, 2.45) is 5.92 Å². The lowest BCUT2D eigenvalue weighted by molar-refractivity contribution is -0.882. The first-order valence-electron chi connectivity index (χ1n) is 10.7. The molecule has 0 unspecified atom stereocenters. The number of hydrogen-bond donors (Lipinski definition) is 3. The number of nitrogens with one attached hydrogen (secondary N) is 2. The number of halogens is 1. The molecule has 2 heterocycles. The van der Waals surface area contributed by atoms with Crippen molar-refractivity contribution in [1.82, 2.24) is 10.6 Å². The normalized spacial score (nSPS) is 28.7. The van der Waals surface area contributed by atoms with Crippen LogP contribution in [0.1, 0.15) is 70.6 Å². The number of carboxylic acid groups (broad SMARTS) is 1. The number of hydrogen-bond acceptors (Lipinski definition) is 3. The van der Waals surface area contributed by atoms with Gasteiger partial charge in [0.2, 0.25) is 0 Å². The fourth-order valence-corrected chi connectivity index (χ4v) is 5.34. The minimum Gasteiger partial charge on any atom is -0.481 e. The molecule has 7 heteroatoms. The second-order valence-corrected chi connectivity index (χ2v) is 8.62. The number of carbonyl (C=O) groups is 2. The molecule has 0 atom stereocenters. The second-order valence-electron chi connectivity index (χ2n) is 8.62. The molecular formula is C20H37ClN3O3+. The van der Waals surface area contributed by atoms with Gasteiger partial charge in [-0.25, -0.2) is 9.28 Å². The molecule has 0 aromatic carbocycles. The summed E-state index contributed by atoms with van der Waals surface area (Å²) in [6.45, 7) is 4.08. The number of urea groups is 1. The average molecular weight is 403 g/mol. The van der Waals surface area contributed by atoms with Gasteiger partial charge >= 0.3 is 12.0 Å². The predicted octanol–water partition coefficient (Wildman–Crippen LogP) is 3.29. The molecule has 0 aromatic rings. The maximum absolute atomic E-state index is 13.3. The van der Waals surface area contributed by atoms with E-state index in [0.29, 0.717) is 16.4 Å². The van der Waals surface area contributed by atoms with Crippen molar-refractivity contribution in [3.8, 4) is 0 Å². The number of piperidine rings is 2. The highest BCUT2D eigenvalue weighted by Gasteiger charge is 2.46. The van der Waals surface area contributed by atoms with Crippen LogP contribution in [0.3, 0.4) is 0 Å². The quantitative estimate of drug-likeness (QED) is 0.616. The maximum atomic E-state index is 13.3. The van der Waals surface area contributed by atoms with Gasteiger partial charge in [-0.05, 0) is 57.3 Å². The number of aliphatic carboxylic acids is 1. The van der Waals surface area contributed by atoms with E-state index in [9.17, 15) is 9.59 Å². The topological polar surface area (TPSA) is 78.4 Å². The van der Waals surface area contributed by atoms with Gasteiger partial charge in [-0.15, -0.1) is 12.4 Å². The van der Waals surface area contributed by atoms with Gasteiger partial charge in [-0.3, -0.25) is 4.79 Å². The van der Waals surface area contributed by atoms with E-state index < -0.39 is 5.97 Å². The number of quaternary nitrogens is 1. The fourth-order valence-electron chi connectivity index (χ4n) is 5.34. The van der Waals surface area contributed by atoms with Gasteiger partial charge in [0.15, 0.2) is 0 Å². The smallest absolute Gasteiger partial charge is 0.417 e. The summed E-state index contributed by atoms with van der Waals surface area (Å²) in [6.07, 6.45) is 11.0. The van der Waals surface area contributed by atoms with Crippen LogP contribution in [0.15, 0.2) is 0 Å². The molecule has 2 saturated heterocycles. The molecule has 3 aliphatic rings. The van der Waals surface area contributed by atoms with Crippen molar-refractivity contribution in [2.75, 3.05) is 26.2 Å².